The van der Waals surface area contributed by atoms with Crippen LogP contribution in [0.2, 0.25) is 0 Å². The molecule has 1 N–H and O–H groups in total. The minimum atomic E-state index is 0.757. The standard InChI is InChI=1S/C22H46N2O/c1-3-5-7-9-11-14-22(15-12-10-8-6-4-2)23-16-13-17-24-18-20-25-21-19-24/h22-23H,3-21H2,1-2H3. The van der Waals surface area contributed by atoms with Crippen molar-refractivity contribution in [1.29, 1.82) is 0 Å². The van der Waals surface area contributed by atoms with E-state index in [9.17, 15) is 0 Å². The van der Waals surface area contributed by atoms with E-state index >= 15 is 0 Å². The molecule has 0 unspecified atom stereocenters. The molecule has 0 spiro atoms. The van der Waals surface area contributed by atoms with E-state index in [1.807, 2.05) is 0 Å². The molecule has 1 aliphatic rings. The Hall–Kier alpha value is -0.120. The fraction of sp³-hybridized carbons (Fsp3) is 1.00. The summed E-state index contributed by atoms with van der Waals surface area (Å²) in [5, 5.41) is 3.88. The Balaban J connectivity index is 2.11. The molecule has 0 aromatic carbocycles. The van der Waals surface area contributed by atoms with E-state index in [4.69, 9.17) is 4.74 Å². The van der Waals surface area contributed by atoms with Crippen molar-refractivity contribution in [3.8, 4) is 0 Å². The minimum absolute atomic E-state index is 0.757. The number of hydrogen-bond acceptors (Lipinski definition) is 3. The third-order valence-corrected chi connectivity index (χ3v) is 5.50. The SMILES string of the molecule is CCCCCCCC(CCCCCCC)NCCCN1CCOCC1. The van der Waals surface area contributed by atoms with Crippen LogP contribution >= 0.6 is 0 Å². The Labute approximate surface area is 158 Å². The van der Waals surface area contributed by atoms with Gasteiger partial charge in [-0.25, -0.2) is 0 Å². The van der Waals surface area contributed by atoms with Gasteiger partial charge < -0.3 is 10.1 Å². The topological polar surface area (TPSA) is 24.5 Å². The van der Waals surface area contributed by atoms with Crippen LogP contribution in [0.4, 0.5) is 0 Å². The lowest BCUT2D eigenvalue weighted by molar-refractivity contribution is 0.0373. The van der Waals surface area contributed by atoms with Gasteiger partial charge in [-0.3, -0.25) is 4.90 Å². The molecule has 1 aliphatic heterocycles. The summed E-state index contributed by atoms with van der Waals surface area (Å²) in [6.07, 6.45) is 18.1. The van der Waals surface area contributed by atoms with Crippen LogP contribution in [0, 0.1) is 0 Å². The molecule has 25 heavy (non-hydrogen) atoms. The molecular weight excluding hydrogens is 308 g/mol. The second-order valence-corrected chi connectivity index (χ2v) is 7.86. The maximum absolute atomic E-state index is 5.43. The largest absolute Gasteiger partial charge is 0.379 e. The molecule has 0 aliphatic carbocycles. The van der Waals surface area contributed by atoms with Gasteiger partial charge in [0.25, 0.3) is 0 Å². The van der Waals surface area contributed by atoms with E-state index in [0.29, 0.717) is 0 Å². The van der Waals surface area contributed by atoms with Crippen molar-refractivity contribution >= 4 is 0 Å². The molecule has 0 aromatic heterocycles. The highest BCUT2D eigenvalue weighted by molar-refractivity contribution is 4.69. The minimum Gasteiger partial charge on any atom is -0.379 e. The number of nitrogens with one attached hydrogen (secondary N) is 1. The molecule has 3 heteroatoms. The van der Waals surface area contributed by atoms with Crippen molar-refractivity contribution in [1.82, 2.24) is 10.2 Å². The van der Waals surface area contributed by atoms with Crippen LogP contribution in [-0.2, 0) is 4.74 Å². The number of hydrogen-bond donors (Lipinski definition) is 1. The van der Waals surface area contributed by atoms with Crippen LogP contribution in [0.1, 0.15) is 97.3 Å². The highest BCUT2D eigenvalue weighted by atomic mass is 16.5. The lowest BCUT2D eigenvalue weighted by Crippen LogP contribution is -2.38. The zero-order chi connectivity index (χ0) is 18.0. The molecule has 1 rings (SSSR count). The predicted molar refractivity (Wildman–Crippen MR) is 110 cm³/mol. The zero-order valence-electron chi connectivity index (χ0n) is 17.4. The monoisotopic (exact) mass is 354 g/mol. The highest BCUT2D eigenvalue weighted by Crippen LogP contribution is 2.13. The number of rotatable bonds is 17. The summed E-state index contributed by atoms with van der Waals surface area (Å²) in [7, 11) is 0. The molecule has 1 saturated heterocycles. The van der Waals surface area contributed by atoms with Crippen molar-refractivity contribution in [2.45, 2.75) is 103 Å². The number of morpholine rings is 1. The molecule has 0 saturated carbocycles. The molecule has 0 aromatic rings. The van der Waals surface area contributed by atoms with Gasteiger partial charge >= 0.3 is 0 Å². The van der Waals surface area contributed by atoms with Gasteiger partial charge in [-0.2, -0.15) is 0 Å². The van der Waals surface area contributed by atoms with E-state index in [0.717, 1.165) is 32.3 Å². The van der Waals surface area contributed by atoms with Gasteiger partial charge in [0.15, 0.2) is 0 Å². The van der Waals surface area contributed by atoms with Crippen molar-refractivity contribution in [2.75, 3.05) is 39.4 Å². The molecule has 0 amide bonds. The Morgan fingerprint density at radius 1 is 0.760 bits per heavy atom. The lowest BCUT2D eigenvalue weighted by atomic mass is 10.0. The van der Waals surface area contributed by atoms with Crippen LogP contribution < -0.4 is 5.32 Å². The molecule has 3 nitrogen and oxygen atoms in total. The fourth-order valence-corrected chi connectivity index (χ4v) is 3.77. The second kappa shape index (κ2) is 17.3. The normalized spacial score (nSPS) is 16.0. The lowest BCUT2D eigenvalue weighted by Gasteiger charge is -2.27. The fourth-order valence-electron chi connectivity index (χ4n) is 3.77. The number of ether oxygens (including phenoxy) is 1. The maximum atomic E-state index is 5.43. The van der Waals surface area contributed by atoms with Crippen LogP contribution in [0.25, 0.3) is 0 Å². The third kappa shape index (κ3) is 13.7. The summed E-state index contributed by atoms with van der Waals surface area (Å²) in [4.78, 5) is 2.55. The molecule has 0 bridgehead atoms. The maximum Gasteiger partial charge on any atom is 0.0594 e. The first-order valence-corrected chi connectivity index (χ1v) is 11.4. The van der Waals surface area contributed by atoms with Crippen LogP contribution in [-0.4, -0.2) is 50.3 Å². The van der Waals surface area contributed by atoms with E-state index in [1.165, 1.54) is 96.6 Å². The van der Waals surface area contributed by atoms with Gasteiger partial charge in [-0.05, 0) is 32.4 Å². The molecule has 0 radical (unpaired) electrons. The van der Waals surface area contributed by atoms with E-state index in [-0.39, 0.29) is 0 Å². The third-order valence-electron chi connectivity index (χ3n) is 5.50. The molecule has 1 fully saturated rings. The first-order chi connectivity index (χ1) is 12.4. The summed E-state index contributed by atoms with van der Waals surface area (Å²) in [6, 6.07) is 0.757. The Morgan fingerprint density at radius 3 is 1.88 bits per heavy atom. The van der Waals surface area contributed by atoms with Gasteiger partial charge in [0.2, 0.25) is 0 Å². The number of unbranched alkanes of at least 4 members (excludes halogenated alkanes) is 8. The van der Waals surface area contributed by atoms with Gasteiger partial charge in [0, 0.05) is 19.1 Å². The average molecular weight is 355 g/mol. The zero-order valence-corrected chi connectivity index (χ0v) is 17.4. The molecule has 1 heterocycles. The van der Waals surface area contributed by atoms with Crippen molar-refractivity contribution in [3.63, 3.8) is 0 Å². The highest BCUT2D eigenvalue weighted by Gasteiger charge is 2.11. The van der Waals surface area contributed by atoms with Crippen LogP contribution in [0.3, 0.4) is 0 Å². The number of nitrogens with zero attached hydrogens (tertiary/aromatic N) is 1. The Morgan fingerprint density at radius 2 is 1.32 bits per heavy atom. The first-order valence-electron chi connectivity index (χ1n) is 11.4. The summed E-state index contributed by atoms with van der Waals surface area (Å²) in [5.41, 5.74) is 0. The van der Waals surface area contributed by atoms with Crippen molar-refractivity contribution in [2.24, 2.45) is 0 Å². The van der Waals surface area contributed by atoms with Crippen LogP contribution in [0.15, 0.2) is 0 Å². The summed E-state index contributed by atoms with van der Waals surface area (Å²) in [5.74, 6) is 0. The van der Waals surface area contributed by atoms with Crippen LogP contribution in [0.5, 0.6) is 0 Å². The second-order valence-electron chi connectivity index (χ2n) is 7.86. The predicted octanol–water partition coefficient (Wildman–Crippen LogP) is 5.39. The summed E-state index contributed by atoms with van der Waals surface area (Å²) in [6.45, 7) is 11.1. The van der Waals surface area contributed by atoms with Crippen molar-refractivity contribution in [3.05, 3.63) is 0 Å². The van der Waals surface area contributed by atoms with E-state index < -0.39 is 0 Å². The quantitative estimate of drug-likeness (QED) is 0.355. The smallest absolute Gasteiger partial charge is 0.0594 e. The molecule has 0 atom stereocenters. The Kier molecular flexibility index (Phi) is 15.9. The van der Waals surface area contributed by atoms with Gasteiger partial charge in [0.05, 0.1) is 13.2 Å². The molecule has 150 valence electrons. The first kappa shape index (κ1) is 22.9. The van der Waals surface area contributed by atoms with E-state index in [2.05, 4.69) is 24.1 Å². The summed E-state index contributed by atoms with van der Waals surface area (Å²) < 4.78 is 5.43. The van der Waals surface area contributed by atoms with Crippen molar-refractivity contribution < 1.29 is 4.74 Å². The molecular formula is C22H46N2O. The summed E-state index contributed by atoms with van der Waals surface area (Å²) >= 11 is 0. The van der Waals surface area contributed by atoms with E-state index in [1.54, 1.807) is 0 Å². The van der Waals surface area contributed by atoms with Gasteiger partial charge in [-0.1, -0.05) is 78.1 Å². The van der Waals surface area contributed by atoms with Gasteiger partial charge in [-0.15, -0.1) is 0 Å². The average Bonchev–Trinajstić information content (AvgIpc) is 2.65. The Bertz CT molecular complexity index is 253. The van der Waals surface area contributed by atoms with Gasteiger partial charge in [0.1, 0.15) is 0 Å².